The average Bonchev–Trinajstić information content (AvgIpc) is 2.18. The highest BCUT2D eigenvalue weighted by atomic mass is 16.5. The quantitative estimate of drug-likeness (QED) is 0.775. The second kappa shape index (κ2) is 4.01. The Kier molecular flexibility index (Phi) is 2.73. The third kappa shape index (κ3) is 1.75. The molecule has 1 aromatic carbocycles. The number of benzene rings is 1. The number of hydrogen-bond acceptors (Lipinski definition) is 2. The second-order valence-electron chi connectivity index (χ2n) is 3.81. The van der Waals surface area contributed by atoms with E-state index in [0.29, 0.717) is 12.1 Å². The van der Waals surface area contributed by atoms with Crippen LogP contribution in [0, 0.1) is 0 Å². The van der Waals surface area contributed by atoms with Gasteiger partial charge in [-0.05, 0) is 19.5 Å². The zero-order valence-electron chi connectivity index (χ0n) is 8.79. The van der Waals surface area contributed by atoms with E-state index in [4.69, 9.17) is 4.74 Å². The first-order chi connectivity index (χ1) is 6.81. The highest BCUT2D eigenvalue weighted by Gasteiger charge is 2.24. The van der Waals surface area contributed by atoms with Gasteiger partial charge in [0.15, 0.2) is 0 Å². The first-order valence-corrected chi connectivity index (χ1v) is 5.30. The van der Waals surface area contributed by atoms with Crippen LogP contribution in [0.3, 0.4) is 0 Å². The Bertz CT molecular complexity index is 311. The topological polar surface area (TPSA) is 21.3 Å². The van der Waals surface area contributed by atoms with Gasteiger partial charge in [-0.3, -0.25) is 0 Å². The van der Waals surface area contributed by atoms with Crippen LogP contribution in [0.15, 0.2) is 24.3 Å². The maximum absolute atomic E-state index is 5.77. The van der Waals surface area contributed by atoms with Crippen LogP contribution in [-0.2, 0) is 0 Å². The Balaban J connectivity index is 2.28. The zero-order chi connectivity index (χ0) is 9.97. The Morgan fingerprint density at radius 1 is 1.43 bits per heavy atom. The Morgan fingerprint density at radius 2 is 2.21 bits per heavy atom. The van der Waals surface area contributed by atoms with Gasteiger partial charge in [0.25, 0.3) is 0 Å². The molecule has 1 aliphatic rings. The van der Waals surface area contributed by atoms with Gasteiger partial charge in [0, 0.05) is 18.0 Å². The largest absolute Gasteiger partial charge is 0.490 e. The van der Waals surface area contributed by atoms with Crippen LogP contribution in [0.1, 0.15) is 31.9 Å². The minimum absolute atomic E-state index is 0.314. The predicted molar refractivity (Wildman–Crippen MR) is 57.6 cm³/mol. The number of ether oxygens (including phenoxy) is 1. The van der Waals surface area contributed by atoms with Crippen molar-refractivity contribution in [2.75, 3.05) is 6.54 Å². The fourth-order valence-corrected chi connectivity index (χ4v) is 2.04. The van der Waals surface area contributed by atoms with Crippen molar-refractivity contribution in [3.8, 4) is 5.75 Å². The van der Waals surface area contributed by atoms with Crippen molar-refractivity contribution in [3.63, 3.8) is 0 Å². The van der Waals surface area contributed by atoms with E-state index in [2.05, 4.69) is 37.4 Å². The van der Waals surface area contributed by atoms with Crippen molar-refractivity contribution in [2.45, 2.75) is 32.4 Å². The summed E-state index contributed by atoms with van der Waals surface area (Å²) in [6.45, 7) is 5.27. The smallest absolute Gasteiger partial charge is 0.124 e. The van der Waals surface area contributed by atoms with Gasteiger partial charge in [0.05, 0.1) is 6.10 Å². The molecule has 0 spiro atoms. The third-order valence-electron chi connectivity index (χ3n) is 2.64. The van der Waals surface area contributed by atoms with Crippen LogP contribution in [0.5, 0.6) is 5.75 Å². The summed E-state index contributed by atoms with van der Waals surface area (Å²) < 4.78 is 5.77. The summed E-state index contributed by atoms with van der Waals surface area (Å²) in [7, 11) is 0. The molecule has 0 saturated carbocycles. The molecule has 0 bridgehead atoms. The second-order valence-corrected chi connectivity index (χ2v) is 3.81. The maximum atomic E-state index is 5.77. The lowest BCUT2D eigenvalue weighted by molar-refractivity contribution is 0.167. The number of fused-ring (bicyclic) bond motifs is 1. The molecule has 76 valence electrons. The molecule has 2 nitrogen and oxygen atoms in total. The Labute approximate surface area is 85.3 Å². The predicted octanol–water partition coefficient (Wildman–Crippen LogP) is 2.51. The highest BCUT2D eigenvalue weighted by Crippen LogP contribution is 2.34. The molecule has 0 fully saturated rings. The summed E-state index contributed by atoms with van der Waals surface area (Å²) in [6, 6.07) is 8.76. The molecule has 1 N–H and O–H groups in total. The first-order valence-electron chi connectivity index (χ1n) is 5.30. The first kappa shape index (κ1) is 9.53. The van der Waals surface area contributed by atoms with Gasteiger partial charge in [-0.1, -0.05) is 25.1 Å². The van der Waals surface area contributed by atoms with E-state index in [1.54, 1.807) is 0 Å². The molecule has 1 aromatic rings. The molecular formula is C12H17NO. The van der Waals surface area contributed by atoms with Crippen LogP contribution in [0.25, 0.3) is 0 Å². The highest BCUT2D eigenvalue weighted by molar-refractivity contribution is 5.37. The van der Waals surface area contributed by atoms with Gasteiger partial charge >= 0.3 is 0 Å². The summed E-state index contributed by atoms with van der Waals surface area (Å²) in [6.07, 6.45) is 1.37. The molecule has 14 heavy (non-hydrogen) atoms. The van der Waals surface area contributed by atoms with Crippen LogP contribution >= 0.6 is 0 Å². The molecule has 0 amide bonds. The number of hydrogen-bond donors (Lipinski definition) is 1. The van der Waals surface area contributed by atoms with E-state index in [9.17, 15) is 0 Å². The molecular weight excluding hydrogens is 174 g/mol. The number of rotatable bonds is 2. The van der Waals surface area contributed by atoms with Gasteiger partial charge in [0.1, 0.15) is 5.75 Å². The number of nitrogens with one attached hydrogen (secondary N) is 1. The monoisotopic (exact) mass is 191 g/mol. The van der Waals surface area contributed by atoms with Crippen molar-refractivity contribution in [3.05, 3.63) is 29.8 Å². The third-order valence-corrected chi connectivity index (χ3v) is 2.64. The van der Waals surface area contributed by atoms with Crippen molar-refractivity contribution in [1.29, 1.82) is 0 Å². The minimum Gasteiger partial charge on any atom is -0.490 e. The van der Waals surface area contributed by atoms with Gasteiger partial charge < -0.3 is 10.1 Å². The van der Waals surface area contributed by atoms with Crippen molar-refractivity contribution >= 4 is 0 Å². The van der Waals surface area contributed by atoms with Crippen LogP contribution in [-0.4, -0.2) is 12.6 Å². The maximum Gasteiger partial charge on any atom is 0.124 e. The molecule has 1 aliphatic heterocycles. The van der Waals surface area contributed by atoms with Crippen molar-refractivity contribution in [2.24, 2.45) is 0 Å². The summed E-state index contributed by atoms with van der Waals surface area (Å²) in [5.74, 6) is 1.04. The fraction of sp³-hybridized carbons (Fsp3) is 0.500. The van der Waals surface area contributed by atoms with Crippen molar-refractivity contribution in [1.82, 2.24) is 5.32 Å². The van der Waals surface area contributed by atoms with E-state index in [1.165, 1.54) is 5.56 Å². The fourth-order valence-electron chi connectivity index (χ4n) is 2.04. The lowest BCUT2D eigenvalue weighted by Gasteiger charge is -2.30. The minimum atomic E-state index is 0.314. The molecule has 2 unspecified atom stereocenters. The van der Waals surface area contributed by atoms with Gasteiger partial charge in [-0.25, -0.2) is 0 Å². The number of para-hydroxylation sites is 1. The molecule has 0 aliphatic carbocycles. The lowest BCUT2D eigenvalue weighted by atomic mass is 9.97. The summed E-state index contributed by atoms with van der Waals surface area (Å²) in [5.41, 5.74) is 1.30. The van der Waals surface area contributed by atoms with E-state index in [1.807, 2.05) is 6.07 Å². The lowest BCUT2D eigenvalue weighted by Crippen LogP contribution is -2.31. The Hall–Kier alpha value is -1.02. The molecule has 0 saturated heterocycles. The molecule has 1 heterocycles. The molecule has 0 aromatic heterocycles. The molecule has 2 rings (SSSR count). The summed E-state index contributed by atoms with van der Waals surface area (Å²) in [5, 5.41) is 3.49. The van der Waals surface area contributed by atoms with Crippen LogP contribution in [0.2, 0.25) is 0 Å². The normalized spacial score (nSPS) is 25.3. The van der Waals surface area contributed by atoms with E-state index < -0.39 is 0 Å². The Morgan fingerprint density at radius 3 is 3.00 bits per heavy atom. The van der Waals surface area contributed by atoms with Gasteiger partial charge in [-0.15, -0.1) is 0 Å². The SMILES string of the molecule is CCNC1CC(C)Oc2ccccc21. The summed E-state index contributed by atoms with van der Waals surface area (Å²) >= 11 is 0. The molecule has 2 heteroatoms. The van der Waals surface area contributed by atoms with E-state index in [0.717, 1.165) is 18.7 Å². The van der Waals surface area contributed by atoms with E-state index >= 15 is 0 Å². The average molecular weight is 191 g/mol. The standard InChI is InChI=1S/C12H17NO/c1-3-13-11-8-9(2)14-12-7-5-4-6-10(11)12/h4-7,9,11,13H,3,8H2,1-2H3. The van der Waals surface area contributed by atoms with Gasteiger partial charge in [0.2, 0.25) is 0 Å². The summed E-state index contributed by atoms with van der Waals surface area (Å²) in [4.78, 5) is 0. The van der Waals surface area contributed by atoms with Crippen LogP contribution < -0.4 is 10.1 Å². The molecule has 2 atom stereocenters. The molecule has 0 radical (unpaired) electrons. The van der Waals surface area contributed by atoms with Crippen LogP contribution in [0.4, 0.5) is 0 Å². The van der Waals surface area contributed by atoms with E-state index in [-0.39, 0.29) is 0 Å². The van der Waals surface area contributed by atoms with Crippen molar-refractivity contribution < 1.29 is 4.74 Å². The van der Waals surface area contributed by atoms with Gasteiger partial charge in [-0.2, -0.15) is 0 Å². The zero-order valence-corrected chi connectivity index (χ0v) is 8.79.